The molecule has 1 unspecified atom stereocenters. The highest BCUT2D eigenvalue weighted by molar-refractivity contribution is 7.18. The Bertz CT molecular complexity index is 1700. The van der Waals surface area contributed by atoms with Crippen LogP contribution in [0.1, 0.15) is 45.1 Å². The van der Waals surface area contributed by atoms with Gasteiger partial charge in [-0.3, -0.25) is 9.78 Å². The molecule has 6 heterocycles. The van der Waals surface area contributed by atoms with E-state index < -0.39 is 0 Å². The molecule has 1 saturated carbocycles. The van der Waals surface area contributed by atoms with E-state index >= 15 is 0 Å². The van der Waals surface area contributed by atoms with Gasteiger partial charge >= 0.3 is 0 Å². The predicted molar refractivity (Wildman–Crippen MR) is 171 cm³/mol. The summed E-state index contributed by atoms with van der Waals surface area (Å²) in [5.41, 5.74) is 4.84. The largest absolute Gasteiger partial charge is 0.382 e. The first-order chi connectivity index (χ1) is 21.4. The summed E-state index contributed by atoms with van der Waals surface area (Å²) < 4.78 is 1.80. The van der Waals surface area contributed by atoms with Gasteiger partial charge in [0.2, 0.25) is 11.0 Å². The van der Waals surface area contributed by atoms with Crippen LogP contribution in [-0.4, -0.2) is 80.9 Å². The van der Waals surface area contributed by atoms with Crippen molar-refractivity contribution in [3.05, 3.63) is 42.2 Å². The number of hydrogen-bond acceptors (Lipinski definition) is 10. The number of fused-ring (bicyclic) bond motifs is 3. The minimum atomic E-state index is 0.145. The molecule has 3 fully saturated rings. The highest BCUT2D eigenvalue weighted by atomic mass is 32.1. The summed E-state index contributed by atoms with van der Waals surface area (Å²) >= 11 is 1.60. The van der Waals surface area contributed by atoms with Crippen molar-refractivity contribution >= 4 is 33.6 Å². The number of rotatable bonds is 7. The maximum atomic E-state index is 13.1. The number of hydrogen-bond donors (Lipinski definition) is 2. The predicted octanol–water partition coefficient (Wildman–Crippen LogP) is 4.28. The first kappa shape index (κ1) is 28.7. The summed E-state index contributed by atoms with van der Waals surface area (Å²) in [7, 11) is 2.13. The van der Waals surface area contributed by atoms with Crippen molar-refractivity contribution in [2.75, 3.05) is 43.4 Å². The highest BCUT2D eigenvalue weighted by Crippen LogP contribution is 2.41. The average molecular weight is 611 g/mol. The van der Waals surface area contributed by atoms with E-state index in [9.17, 15) is 10.1 Å². The quantitative estimate of drug-likeness (QED) is 0.315. The van der Waals surface area contributed by atoms with Gasteiger partial charge in [0.15, 0.2) is 5.01 Å². The number of likely N-dealkylation sites (tertiary alicyclic amines) is 1. The minimum Gasteiger partial charge on any atom is -0.382 e. The Morgan fingerprint density at radius 1 is 1.07 bits per heavy atom. The van der Waals surface area contributed by atoms with Gasteiger partial charge in [-0.05, 0) is 95.8 Å². The molecule has 44 heavy (non-hydrogen) atoms. The molecule has 12 heteroatoms. The molecule has 1 amide bonds. The van der Waals surface area contributed by atoms with Gasteiger partial charge in [0.05, 0.1) is 34.2 Å². The molecule has 3 aliphatic rings. The van der Waals surface area contributed by atoms with Crippen LogP contribution in [0.25, 0.3) is 27.5 Å². The van der Waals surface area contributed by atoms with Gasteiger partial charge in [0.25, 0.3) is 0 Å². The van der Waals surface area contributed by atoms with Gasteiger partial charge in [-0.1, -0.05) is 11.3 Å². The van der Waals surface area contributed by atoms with Crippen molar-refractivity contribution in [2.45, 2.75) is 51.6 Å². The number of pyridine rings is 1. The van der Waals surface area contributed by atoms with Crippen LogP contribution in [0.15, 0.2) is 36.7 Å². The zero-order chi connectivity index (χ0) is 30.4. The fraction of sp³-hybridized carbons (Fsp3) is 0.500. The van der Waals surface area contributed by atoms with Gasteiger partial charge in [-0.25, -0.2) is 4.52 Å². The fourth-order valence-corrected chi connectivity index (χ4v) is 7.96. The number of piperidine rings is 2. The van der Waals surface area contributed by atoms with Crippen LogP contribution >= 0.6 is 11.3 Å². The first-order valence-electron chi connectivity index (χ1n) is 15.6. The second kappa shape index (κ2) is 11.8. The maximum absolute atomic E-state index is 13.1. The number of nitriles is 1. The van der Waals surface area contributed by atoms with Crippen LogP contribution in [0.3, 0.4) is 0 Å². The monoisotopic (exact) mass is 610 g/mol. The van der Waals surface area contributed by atoms with E-state index in [1.54, 1.807) is 22.0 Å². The third-order valence-corrected chi connectivity index (χ3v) is 10.4. The summed E-state index contributed by atoms with van der Waals surface area (Å²) in [5.74, 6) is 1.27. The number of carbonyl (C=O) groups is 1. The van der Waals surface area contributed by atoms with Crippen LogP contribution in [-0.2, 0) is 4.79 Å². The lowest BCUT2D eigenvalue weighted by molar-refractivity contribution is -0.127. The van der Waals surface area contributed by atoms with Gasteiger partial charge in [-0.2, -0.15) is 10.4 Å². The molecule has 2 N–H and O–H groups in total. The molecule has 3 atom stereocenters. The molecular weight excluding hydrogens is 572 g/mol. The van der Waals surface area contributed by atoms with Gasteiger partial charge in [0, 0.05) is 43.0 Å². The molecule has 228 valence electrons. The number of nitrogens with zero attached hydrogens (tertiary/aromatic N) is 8. The number of nitrogens with one attached hydrogen (secondary N) is 2. The molecular formula is C32H38N10OS. The molecule has 2 saturated heterocycles. The Labute approximate surface area is 261 Å². The summed E-state index contributed by atoms with van der Waals surface area (Å²) in [6.07, 6.45) is 7.62. The zero-order valence-electron chi connectivity index (χ0n) is 25.4. The van der Waals surface area contributed by atoms with E-state index in [4.69, 9.17) is 4.98 Å². The minimum absolute atomic E-state index is 0.145. The van der Waals surface area contributed by atoms with Crippen molar-refractivity contribution in [2.24, 2.45) is 17.8 Å². The van der Waals surface area contributed by atoms with Crippen LogP contribution in [0.2, 0.25) is 0 Å². The molecule has 7 rings (SSSR count). The van der Waals surface area contributed by atoms with Crippen molar-refractivity contribution in [3.8, 4) is 28.0 Å². The van der Waals surface area contributed by atoms with Crippen LogP contribution in [0.5, 0.6) is 0 Å². The summed E-state index contributed by atoms with van der Waals surface area (Å²) in [4.78, 5) is 22.6. The smallest absolute Gasteiger partial charge is 0.223 e. The maximum Gasteiger partial charge on any atom is 0.223 e. The van der Waals surface area contributed by atoms with Gasteiger partial charge < -0.3 is 20.4 Å². The van der Waals surface area contributed by atoms with Crippen LogP contribution in [0.4, 0.5) is 10.8 Å². The molecule has 4 aromatic rings. The molecule has 11 nitrogen and oxygen atoms in total. The Kier molecular flexibility index (Phi) is 7.68. The summed E-state index contributed by atoms with van der Waals surface area (Å²) in [6, 6.07) is 10.4. The Morgan fingerprint density at radius 2 is 1.84 bits per heavy atom. The van der Waals surface area contributed by atoms with Crippen molar-refractivity contribution in [1.29, 1.82) is 5.26 Å². The Hall–Kier alpha value is -4.08. The Morgan fingerprint density at radius 3 is 2.57 bits per heavy atom. The third kappa shape index (κ3) is 5.50. The molecule has 1 aliphatic carbocycles. The fourth-order valence-electron chi connectivity index (χ4n) is 7.07. The molecule has 2 bridgehead atoms. The first-order valence-corrected chi connectivity index (χ1v) is 16.4. The van der Waals surface area contributed by atoms with Crippen LogP contribution in [0, 0.1) is 29.1 Å². The van der Waals surface area contributed by atoms with Crippen molar-refractivity contribution in [1.82, 2.24) is 35.0 Å². The van der Waals surface area contributed by atoms with Crippen molar-refractivity contribution in [3.63, 3.8) is 0 Å². The lowest BCUT2D eigenvalue weighted by Gasteiger charge is -2.39. The lowest BCUT2D eigenvalue weighted by Crippen LogP contribution is -2.54. The van der Waals surface area contributed by atoms with Crippen LogP contribution < -0.4 is 15.5 Å². The lowest BCUT2D eigenvalue weighted by atomic mass is 9.90. The van der Waals surface area contributed by atoms with E-state index in [0.717, 1.165) is 90.2 Å². The number of aromatic nitrogens is 5. The molecule has 4 aromatic heterocycles. The molecule has 0 spiro atoms. The van der Waals surface area contributed by atoms with Gasteiger partial charge in [0.1, 0.15) is 6.07 Å². The average Bonchev–Trinajstić information content (AvgIpc) is 3.73. The number of carbonyl (C=O) groups excluding carboxylic acids is 1. The van der Waals surface area contributed by atoms with E-state index in [-0.39, 0.29) is 23.9 Å². The Balaban J connectivity index is 1.09. The van der Waals surface area contributed by atoms with E-state index in [0.29, 0.717) is 17.4 Å². The van der Waals surface area contributed by atoms with Gasteiger partial charge in [-0.15, -0.1) is 10.2 Å². The normalized spacial score (nSPS) is 22.4. The van der Waals surface area contributed by atoms with Crippen molar-refractivity contribution < 1.29 is 4.79 Å². The van der Waals surface area contributed by atoms with E-state index in [1.807, 2.05) is 30.5 Å². The third-order valence-electron chi connectivity index (χ3n) is 9.39. The summed E-state index contributed by atoms with van der Waals surface area (Å²) in [6.45, 7) is 8.00. The molecule has 0 radical (unpaired) electrons. The second-order valence-corrected chi connectivity index (χ2v) is 13.8. The topological polar surface area (TPSA) is 127 Å². The molecule has 2 aliphatic heterocycles. The summed E-state index contributed by atoms with van der Waals surface area (Å²) in [5, 5.41) is 31.8. The number of anilines is 2. The zero-order valence-corrected chi connectivity index (χ0v) is 26.2. The van der Waals surface area contributed by atoms with E-state index in [2.05, 4.69) is 62.7 Å². The van der Waals surface area contributed by atoms with E-state index in [1.165, 1.54) is 0 Å². The SMILES string of the molecule is CC(C)Nc1cc(-c2ccc3cc(C#N)cnn23)ncc1-c1nnc(N2C[C@H]3CC[C@@H](C2)C3NC(=O)C2CCN(C)CC2)s1. The number of amides is 1. The highest BCUT2D eigenvalue weighted by Gasteiger charge is 2.44. The standard InChI is InChI=1S/C32H38N10OS/c1-19(2)36-26-13-27(28-7-6-24-12-20(14-33)15-35-42(24)28)34-16-25(26)31-38-39-32(44-31)41-17-22-4-5-23(18-41)29(22)37-30(43)21-8-10-40(3)11-9-21/h6-7,12-13,15-16,19,21-23,29H,4-5,8-11,17-18H2,1-3H3,(H,34,36)(H,37,43)/t22-,23+,29?. The molecule has 0 aromatic carbocycles. The second-order valence-electron chi connectivity index (χ2n) is 12.8.